The van der Waals surface area contributed by atoms with E-state index in [9.17, 15) is 0 Å². The van der Waals surface area contributed by atoms with Crippen LogP contribution in [-0.2, 0) is 0 Å². The molecule has 1 aliphatic rings. The molecule has 1 aromatic rings. The Morgan fingerprint density at radius 2 is 2.11 bits per heavy atom. The van der Waals surface area contributed by atoms with Gasteiger partial charge in [0.05, 0.1) is 0 Å². The lowest BCUT2D eigenvalue weighted by Crippen LogP contribution is -2.37. The molecular weight excluding hydrogens is 220 g/mol. The lowest BCUT2D eigenvalue weighted by Gasteiger charge is -2.28. The minimum absolute atomic E-state index is 0.478. The molecule has 0 bridgehead atoms. The van der Waals surface area contributed by atoms with Crippen LogP contribution in [0.2, 0.25) is 0 Å². The lowest BCUT2D eigenvalue weighted by molar-refractivity contribution is 0.237. The summed E-state index contributed by atoms with van der Waals surface area (Å²) in [5.74, 6) is 0. The molecule has 1 heterocycles. The first kappa shape index (κ1) is 13.6. The molecule has 0 aromatic heterocycles. The molecule has 1 aliphatic heterocycles. The van der Waals surface area contributed by atoms with E-state index in [4.69, 9.17) is 0 Å². The maximum atomic E-state index is 3.69. The van der Waals surface area contributed by atoms with Gasteiger partial charge < -0.3 is 5.32 Å². The molecule has 0 spiro atoms. The molecule has 18 heavy (non-hydrogen) atoms. The molecule has 2 heteroatoms. The van der Waals surface area contributed by atoms with Crippen LogP contribution in [0.3, 0.4) is 0 Å². The van der Waals surface area contributed by atoms with Gasteiger partial charge >= 0.3 is 0 Å². The first-order chi connectivity index (χ1) is 8.81. The quantitative estimate of drug-likeness (QED) is 0.829. The van der Waals surface area contributed by atoms with Gasteiger partial charge in [-0.15, -0.1) is 0 Å². The Morgan fingerprint density at radius 3 is 2.72 bits per heavy atom. The van der Waals surface area contributed by atoms with Crippen molar-refractivity contribution in [2.24, 2.45) is 0 Å². The van der Waals surface area contributed by atoms with E-state index in [1.807, 2.05) is 0 Å². The van der Waals surface area contributed by atoms with Gasteiger partial charge in [0.25, 0.3) is 0 Å². The van der Waals surface area contributed by atoms with Gasteiger partial charge in [-0.1, -0.05) is 37.3 Å². The van der Waals surface area contributed by atoms with E-state index in [2.05, 4.69) is 54.4 Å². The Balaban J connectivity index is 2.00. The largest absolute Gasteiger partial charge is 0.309 e. The van der Waals surface area contributed by atoms with Gasteiger partial charge in [0, 0.05) is 18.6 Å². The van der Waals surface area contributed by atoms with Crippen molar-refractivity contribution in [3.05, 3.63) is 35.9 Å². The maximum Gasteiger partial charge on any atom is 0.0449 e. The van der Waals surface area contributed by atoms with E-state index in [0.29, 0.717) is 6.04 Å². The van der Waals surface area contributed by atoms with Crippen molar-refractivity contribution in [3.8, 4) is 0 Å². The van der Waals surface area contributed by atoms with Gasteiger partial charge in [0.2, 0.25) is 0 Å². The molecular formula is C16H26N2. The van der Waals surface area contributed by atoms with Gasteiger partial charge in [-0.05, 0) is 44.8 Å². The van der Waals surface area contributed by atoms with Gasteiger partial charge in [0.15, 0.2) is 0 Å². The highest BCUT2D eigenvalue weighted by Gasteiger charge is 2.23. The Bertz CT molecular complexity index is 336. The molecule has 1 fully saturated rings. The Labute approximate surface area is 111 Å². The molecule has 2 unspecified atom stereocenters. The van der Waals surface area contributed by atoms with Crippen LogP contribution in [0.4, 0.5) is 0 Å². The predicted octanol–water partition coefficient (Wildman–Crippen LogP) is 3.21. The van der Waals surface area contributed by atoms with E-state index in [0.717, 1.165) is 19.1 Å². The summed E-state index contributed by atoms with van der Waals surface area (Å²) in [6.45, 7) is 8.09. The number of benzene rings is 1. The van der Waals surface area contributed by atoms with Crippen LogP contribution in [0.25, 0.3) is 0 Å². The number of likely N-dealkylation sites (tertiary alicyclic amines) is 1. The molecule has 1 saturated heterocycles. The first-order valence-electron chi connectivity index (χ1n) is 7.33. The molecule has 100 valence electrons. The summed E-state index contributed by atoms with van der Waals surface area (Å²) in [5, 5.41) is 3.69. The fourth-order valence-corrected chi connectivity index (χ4v) is 2.79. The van der Waals surface area contributed by atoms with Crippen molar-refractivity contribution < 1.29 is 0 Å². The molecule has 0 aliphatic carbocycles. The van der Waals surface area contributed by atoms with Gasteiger partial charge in [-0.2, -0.15) is 0 Å². The average Bonchev–Trinajstić information content (AvgIpc) is 2.81. The van der Waals surface area contributed by atoms with Crippen LogP contribution in [-0.4, -0.2) is 30.6 Å². The number of nitrogens with zero attached hydrogens (tertiary/aromatic N) is 1. The summed E-state index contributed by atoms with van der Waals surface area (Å²) in [7, 11) is 0. The van der Waals surface area contributed by atoms with Crippen molar-refractivity contribution >= 4 is 0 Å². The maximum absolute atomic E-state index is 3.69. The number of hydrogen-bond acceptors (Lipinski definition) is 2. The van der Waals surface area contributed by atoms with E-state index >= 15 is 0 Å². The van der Waals surface area contributed by atoms with Crippen LogP contribution < -0.4 is 5.32 Å². The normalized spacial score (nSPS) is 22.2. The Morgan fingerprint density at radius 1 is 1.33 bits per heavy atom. The summed E-state index contributed by atoms with van der Waals surface area (Å²) in [6.07, 6.45) is 3.91. The minimum Gasteiger partial charge on any atom is -0.309 e. The number of hydrogen-bond donors (Lipinski definition) is 1. The molecule has 0 radical (unpaired) electrons. The second kappa shape index (κ2) is 6.91. The van der Waals surface area contributed by atoms with Gasteiger partial charge in [-0.3, -0.25) is 4.90 Å². The molecule has 0 amide bonds. The summed E-state index contributed by atoms with van der Waals surface area (Å²) < 4.78 is 0. The van der Waals surface area contributed by atoms with Crippen LogP contribution in [0.5, 0.6) is 0 Å². The van der Waals surface area contributed by atoms with Crippen LogP contribution in [0.1, 0.15) is 44.7 Å². The van der Waals surface area contributed by atoms with Gasteiger partial charge in [-0.25, -0.2) is 0 Å². The third-order valence-electron chi connectivity index (χ3n) is 3.95. The van der Waals surface area contributed by atoms with Crippen molar-refractivity contribution in [3.63, 3.8) is 0 Å². The van der Waals surface area contributed by atoms with E-state index < -0.39 is 0 Å². The summed E-state index contributed by atoms with van der Waals surface area (Å²) in [4.78, 5) is 2.63. The average molecular weight is 246 g/mol. The molecule has 2 nitrogen and oxygen atoms in total. The SMILES string of the molecule is CCCNC(CN1CCCC1C)c1ccccc1. The second-order valence-corrected chi connectivity index (χ2v) is 5.40. The number of rotatable bonds is 6. The highest BCUT2D eigenvalue weighted by Crippen LogP contribution is 2.21. The smallest absolute Gasteiger partial charge is 0.0449 e. The summed E-state index contributed by atoms with van der Waals surface area (Å²) in [6, 6.07) is 12.1. The van der Waals surface area contributed by atoms with Crippen molar-refractivity contribution in [2.45, 2.75) is 45.2 Å². The fraction of sp³-hybridized carbons (Fsp3) is 0.625. The van der Waals surface area contributed by atoms with Crippen LogP contribution in [0, 0.1) is 0 Å². The molecule has 2 atom stereocenters. The van der Waals surface area contributed by atoms with Crippen molar-refractivity contribution in [1.29, 1.82) is 0 Å². The second-order valence-electron chi connectivity index (χ2n) is 5.40. The molecule has 0 saturated carbocycles. The minimum atomic E-state index is 0.478. The standard InChI is InChI=1S/C16H26N2/c1-3-11-17-16(15-9-5-4-6-10-15)13-18-12-7-8-14(18)2/h4-6,9-10,14,16-17H,3,7-8,11-13H2,1-2H3. The highest BCUT2D eigenvalue weighted by molar-refractivity contribution is 5.19. The van der Waals surface area contributed by atoms with E-state index in [1.165, 1.54) is 31.4 Å². The van der Waals surface area contributed by atoms with E-state index in [-0.39, 0.29) is 0 Å². The Hall–Kier alpha value is -0.860. The van der Waals surface area contributed by atoms with Crippen molar-refractivity contribution in [1.82, 2.24) is 10.2 Å². The van der Waals surface area contributed by atoms with Crippen molar-refractivity contribution in [2.75, 3.05) is 19.6 Å². The fourth-order valence-electron chi connectivity index (χ4n) is 2.79. The Kier molecular flexibility index (Phi) is 5.21. The summed E-state index contributed by atoms with van der Waals surface area (Å²) in [5.41, 5.74) is 1.42. The summed E-state index contributed by atoms with van der Waals surface area (Å²) >= 11 is 0. The highest BCUT2D eigenvalue weighted by atomic mass is 15.2. The van der Waals surface area contributed by atoms with Crippen LogP contribution in [0.15, 0.2) is 30.3 Å². The zero-order valence-electron chi connectivity index (χ0n) is 11.7. The van der Waals surface area contributed by atoms with Crippen LogP contribution >= 0.6 is 0 Å². The van der Waals surface area contributed by atoms with Gasteiger partial charge in [0.1, 0.15) is 0 Å². The monoisotopic (exact) mass is 246 g/mol. The third-order valence-corrected chi connectivity index (χ3v) is 3.95. The zero-order chi connectivity index (χ0) is 12.8. The molecule has 2 rings (SSSR count). The zero-order valence-corrected chi connectivity index (χ0v) is 11.7. The third kappa shape index (κ3) is 3.56. The predicted molar refractivity (Wildman–Crippen MR) is 77.7 cm³/mol. The molecule has 1 N–H and O–H groups in total. The number of nitrogens with one attached hydrogen (secondary N) is 1. The van der Waals surface area contributed by atoms with E-state index in [1.54, 1.807) is 0 Å². The molecule has 1 aromatic carbocycles. The first-order valence-corrected chi connectivity index (χ1v) is 7.33. The topological polar surface area (TPSA) is 15.3 Å². The lowest BCUT2D eigenvalue weighted by atomic mass is 10.1.